The van der Waals surface area contributed by atoms with Crippen LogP contribution < -0.4 is 10.6 Å². The summed E-state index contributed by atoms with van der Waals surface area (Å²) in [5, 5.41) is 4.97. The zero-order chi connectivity index (χ0) is 16.2. The third-order valence-electron chi connectivity index (χ3n) is 3.54. The van der Waals surface area contributed by atoms with Crippen LogP contribution in [0.2, 0.25) is 0 Å². The molecule has 2 N–H and O–H groups in total. The molecule has 0 unspecified atom stereocenters. The van der Waals surface area contributed by atoms with E-state index in [1.54, 1.807) is 30.1 Å². The van der Waals surface area contributed by atoms with Gasteiger partial charge in [0.05, 0.1) is 5.69 Å². The Balaban J connectivity index is 1.67. The predicted molar refractivity (Wildman–Crippen MR) is 91.0 cm³/mol. The van der Waals surface area contributed by atoms with Crippen molar-refractivity contribution in [1.82, 2.24) is 10.3 Å². The number of nitrogens with zero attached hydrogens (tertiary/aromatic N) is 1. The van der Waals surface area contributed by atoms with E-state index in [-0.39, 0.29) is 11.8 Å². The molecular weight excluding hydrogens is 313 g/mol. The van der Waals surface area contributed by atoms with E-state index in [0.29, 0.717) is 17.7 Å². The first-order valence-corrected chi connectivity index (χ1v) is 8.20. The zero-order valence-corrected chi connectivity index (χ0v) is 13.4. The van der Waals surface area contributed by atoms with E-state index < -0.39 is 0 Å². The molecule has 1 aliphatic heterocycles. The van der Waals surface area contributed by atoms with Gasteiger partial charge in [0.15, 0.2) is 0 Å². The van der Waals surface area contributed by atoms with Gasteiger partial charge in [-0.15, -0.1) is 11.8 Å². The Hall–Kier alpha value is -2.34. The van der Waals surface area contributed by atoms with E-state index in [4.69, 9.17) is 0 Å². The SMILES string of the molecule is CNC(=O)Nc1ccc(C/C=C\c2ccnc3c2SC3)c(F)c1. The Morgan fingerprint density at radius 2 is 2.30 bits per heavy atom. The van der Waals surface area contributed by atoms with Gasteiger partial charge >= 0.3 is 6.03 Å². The summed E-state index contributed by atoms with van der Waals surface area (Å²) in [5.74, 6) is 0.631. The van der Waals surface area contributed by atoms with Crippen LogP contribution in [0.5, 0.6) is 0 Å². The fraction of sp³-hybridized carbons (Fsp3) is 0.176. The highest BCUT2D eigenvalue weighted by atomic mass is 32.2. The minimum atomic E-state index is -0.370. The molecule has 4 nitrogen and oxygen atoms in total. The van der Waals surface area contributed by atoms with E-state index in [1.165, 1.54) is 18.0 Å². The number of pyridine rings is 1. The van der Waals surface area contributed by atoms with Crippen molar-refractivity contribution in [2.45, 2.75) is 17.1 Å². The van der Waals surface area contributed by atoms with Gasteiger partial charge in [0.25, 0.3) is 0 Å². The largest absolute Gasteiger partial charge is 0.341 e. The Morgan fingerprint density at radius 1 is 1.43 bits per heavy atom. The van der Waals surface area contributed by atoms with E-state index in [2.05, 4.69) is 15.6 Å². The number of thioether (sulfide) groups is 1. The Labute approximate surface area is 138 Å². The summed E-state index contributed by atoms with van der Waals surface area (Å²) in [6.07, 6.45) is 6.24. The molecule has 2 aromatic rings. The Kier molecular flexibility index (Phi) is 4.62. The number of urea groups is 1. The number of aromatic nitrogens is 1. The van der Waals surface area contributed by atoms with Gasteiger partial charge < -0.3 is 10.6 Å². The normalized spacial score (nSPS) is 12.6. The third kappa shape index (κ3) is 3.53. The monoisotopic (exact) mass is 329 g/mol. The van der Waals surface area contributed by atoms with Crippen molar-refractivity contribution in [3.63, 3.8) is 0 Å². The van der Waals surface area contributed by atoms with Crippen LogP contribution in [0.1, 0.15) is 16.8 Å². The number of anilines is 1. The molecule has 2 heterocycles. The molecule has 118 valence electrons. The van der Waals surface area contributed by atoms with E-state index >= 15 is 0 Å². The molecule has 0 fully saturated rings. The molecule has 1 aliphatic rings. The van der Waals surface area contributed by atoms with Crippen LogP contribution in [0.25, 0.3) is 6.08 Å². The van der Waals surface area contributed by atoms with Gasteiger partial charge in [-0.25, -0.2) is 9.18 Å². The standard InChI is InChI=1S/C17H16FN3OS/c1-19-17(22)21-13-6-5-11(14(18)9-13)3-2-4-12-7-8-20-15-10-23-16(12)15/h2,4-9H,3,10H2,1H3,(H2,19,21,22)/b4-2-. The highest BCUT2D eigenvalue weighted by molar-refractivity contribution is 8.00. The van der Waals surface area contributed by atoms with Crippen LogP contribution in [-0.4, -0.2) is 18.1 Å². The smallest absolute Gasteiger partial charge is 0.318 e. The molecule has 0 atom stereocenters. The summed E-state index contributed by atoms with van der Waals surface area (Å²) < 4.78 is 14.1. The van der Waals surface area contributed by atoms with Crippen molar-refractivity contribution in [3.05, 3.63) is 59.2 Å². The van der Waals surface area contributed by atoms with Crippen LogP contribution >= 0.6 is 11.8 Å². The van der Waals surface area contributed by atoms with Gasteiger partial charge in [0.2, 0.25) is 0 Å². The fourth-order valence-corrected chi connectivity index (χ4v) is 3.11. The van der Waals surface area contributed by atoms with Crippen LogP contribution in [0.3, 0.4) is 0 Å². The number of allylic oxidation sites excluding steroid dienone is 1. The van der Waals surface area contributed by atoms with Crippen molar-refractivity contribution in [1.29, 1.82) is 0 Å². The van der Waals surface area contributed by atoms with Gasteiger partial charge in [0.1, 0.15) is 5.82 Å². The zero-order valence-electron chi connectivity index (χ0n) is 12.6. The van der Waals surface area contributed by atoms with Crippen LogP contribution in [0, 0.1) is 5.82 Å². The number of rotatable bonds is 4. The average molecular weight is 329 g/mol. The van der Waals surface area contributed by atoms with Crippen LogP contribution in [0.4, 0.5) is 14.9 Å². The molecule has 1 aromatic heterocycles. The summed E-state index contributed by atoms with van der Waals surface area (Å²) in [7, 11) is 1.51. The molecule has 0 aliphatic carbocycles. The maximum atomic E-state index is 14.1. The molecule has 6 heteroatoms. The molecule has 2 amide bonds. The summed E-state index contributed by atoms with van der Waals surface area (Å²) in [6, 6.07) is 6.30. The van der Waals surface area contributed by atoms with E-state index in [9.17, 15) is 9.18 Å². The van der Waals surface area contributed by atoms with Gasteiger partial charge in [-0.05, 0) is 35.7 Å². The maximum absolute atomic E-state index is 14.1. The lowest BCUT2D eigenvalue weighted by Crippen LogP contribution is -2.24. The molecule has 0 saturated carbocycles. The molecule has 0 spiro atoms. The first kappa shape index (κ1) is 15.6. The van der Waals surface area contributed by atoms with Crippen molar-refractivity contribution in [2.24, 2.45) is 0 Å². The first-order chi connectivity index (χ1) is 11.2. The number of fused-ring (bicyclic) bond motifs is 1. The van der Waals surface area contributed by atoms with Crippen LogP contribution in [0.15, 0.2) is 41.4 Å². The number of nitrogens with one attached hydrogen (secondary N) is 2. The Morgan fingerprint density at radius 3 is 3.00 bits per heavy atom. The van der Waals surface area contributed by atoms with E-state index in [0.717, 1.165) is 17.0 Å². The molecule has 23 heavy (non-hydrogen) atoms. The van der Waals surface area contributed by atoms with Gasteiger partial charge in [0, 0.05) is 29.6 Å². The second-order valence-corrected chi connectivity index (χ2v) is 6.07. The van der Waals surface area contributed by atoms with Crippen LogP contribution in [-0.2, 0) is 12.2 Å². The highest BCUT2D eigenvalue weighted by Crippen LogP contribution is 2.39. The topological polar surface area (TPSA) is 54.0 Å². The Bertz CT molecular complexity index is 776. The number of carbonyl (C=O) groups excluding carboxylic acids is 1. The number of benzene rings is 1. The quantitative estimate of drug-likeness (QED) is 0.896. The predicted octanol–water partition coefficient (Wildman–Crippen LogP) is 3.83. The molecule has 0 radical (unpaired) electrons. The molecule has 1 aromatic carbocycles. The third-order valence-corrected chi connectivity index (χ3v) is 4.71. The van der Waals surface area contributed by atoms with Gasteiger partial charge in [-0.1, -0.05) is 18.2 Å². The summed E-state index contributed by atoms with van der Waals surface area (Å²) >= 11 is 1.78. The number of halogens is 1. The minimum absolute atomic E-state index is 0.333. The second-order valence-electron chi connectivity index (χ2n) is 5.08. The molecule has 0 saturated heterocycles. The van der Waals surface area contributed by atoms with Crippen molar-refractivity contribution < 1.29 is 9.18 Å². The number of amides is 2. The lowest BCUT2D eigenvalue weighted by molar-refractivity contribution is 0.254. The lowest BCUT2D eigenvalue weighted by Gasteiger charge is -2.18. The first-order valence-electron chi connectivity index (χ1n) is 7.22. The maximum Gasteiger partial charge on any atom is 0.318 e. The summed E-state index contributed by atoms with van der Waals surface area (Å²) in [4.78, 5) is 16.7. The van der Waals surface area contributed by atoms with Crippen molar-refractivity contribution in [2.75, 3.05) is 12.4 Å². The lowest BCUT2D eigenvalue weighted by atomic mass is 10.1. The van der Waals surface area contributed by atoms with Crippen molar-refractivity contribution >= 4 is 29.6 Å². The van der Waals surface area contributed by atoms with Gasteiger partial charge in [-0.3, -0.25) is 4.98 Å². The number of hydrogen-bond donors (Lipinski definition) is 2. The van der Waals surface area contributed by atoms with Crippen molar-refractivity contribution in [3.8, 4) is 0 Å². The summed E-state index contributed by atoms with van der Waals surface area (Å²) in [5.41, 5.74) is 3.28. The second kappa shape index (κ2) is 6.83. The average Bonchev–Trinajstić information content (AvgIpc) is 2.51. The molecular formula is C17H16FN3OS. The molecule has 3 rings (SSSR count). The van der Waals surface area contributed by atoms with E-state index in [1.807, 2.05) is 18.2 Å². The fourth-order valence-electron chi connectivity index (χ4n) is 2.27. The highest BCUT2D eigenvalue weighted by Gasteiger charge is 2.17. The minimum Gasteiger partial charge on any atom is -0.341 e. The van der Waals surface area contributed by atoms with Gasteiger partial charge in [-0.2, -0.15) is 0 Å². The molecule has 0 bridgehead atoms. The number of hydrogen-bond acceptors (Lipinski definition) is 3. The summed E-state index contributed by atoms with van der Waals surface area (Å²) in [6.45, 7) is 0. The number of carbonyl (C=O) groups is 1.